The van der Waals surface area contributed by atoms with Gasteiger partial charge in [-0.25, -0.2) is 4.98 Å². The van der Waals surface area contributed by atoms with E-state index in [0.717, 1.165) is 18.5 Å². The van der Waals surface area contributed by atoms with Crippen molar-refractivity contribution >= 4 is 40.8 Å². The average Bonchev–Trinajstić information content (AvgIpc) is 2.45. The molecule has 0 aliphatic heterocycles. The predicted molar refractivity (Wildman–Crippen MR) is 87.1 cm³/mol. The minimum Gasteiger partial charge on any atom is -0.437 e. The van der Waals surface area contributed by atoms with Crippen molar-refractivity contribution in [3.05, 3.63) is 39.0 Å². The fourth-order valence-electron chi connectivity index (χ4n) is 1.54. The van der Waals surface area contributed by atoms with Gasteiger partial charge in [0, 0.05) is 24.4 Å². The van der Waals surface area contributed by atoms with Crippen LogP contribution < -0.4 is 10.1 Å². The first kappa shape index (κ1) is 16.1. The highest BCUT2D eigenvalue weighted by Gasteiger charge is 2.11. The Bertz CT molecular complexity index is 650. The van der Waals surface area contributed by atoms with E-state index in [1.165, 1.54) is 6.07 Å². The number of ether oxygens (including phenoxy) is 1. The molecule has 4 nitrogen and oxygen atoms in total. The number of hydrogen-bond donors (Lipinski definition) is 1. The van der Waals surface area contributed by atoms with Gasteiger partial charge in [0.15, 0.2) is 0 Å². The molecule has 1 heterocycles. The molecule has 1 N–H and O–H groups in total. The van der Waals surface area contributed by atoms with Crippen LogP contribution in [0, 0.1) is 6.92 Å². The second kappa shape index (κ2) is 7.16. The molecule has 0 unspecified atom stereocenters. The van der Waals surface area contributed by atoms with E-state index in [4.69, 9.17) is 39.5 Å². The molecule has 0 atom stereocenters. The Kier molecular flexibility index (Phi) is 5.51. The number of nitrogens with zero attached hydrogens (tertiary/aromatic N) is 2. The Labute approximate surface area is 138 Å². The van der Waals surface area contributed by atoms with Gasteiger partial charge in [-0.05, 0) is 19.4 Å². The SMILES string of the molecule is CCCNc1ncc(C)c(Oc2cc(Cl)c(Cl)cc2Cl)n1. The molecule has 112 valence electrons. The first-order valence-corrected chi connectivity index (χ1v) is 7.54. The quantitative estimate of drug-likeness (QED) is 0.740. The van der Waals surface area contributed by atoms with Crippen LogP contribution in [0.15, 0.2) is 18.3 Å². The molecule has 0 saturated heterocycles. The number of aryl methyl sites for hydroxylation is 1. The number of nitrogens with one attached hydrogen (secondary N) is 1. The molecule has 0 bridgehead atoms. The van der Waals surface area contributed by atoms with E-state index in [0.29, 0.717) is 32.6 Å². The van der Waals surface area contributed by atoms with Gasteiger partial charge in [0.2, 0.25) is 11.8 Å². The summed E-state index contributed by atoms with van der Waals surface area (Å²) in [6.07, 6.45) is 2.66. The molecule has 0 aliphatic rings. The smallest absolute Gasteiger partial charge is 0.227 e. The van der Waals surface area contributed by atoms with Crippen LogP contribution in [0.3, 0.4) is 0 Å². The lowest BCUT2D eigenvalue weighted by Gasteiger charge is -2.11. The number of anilines is 1. The molecule has 0 saturated carbocycles. The van der Waals surface area contributed by atoms with E-state index in [2.05, 4.69) is 22.2 Å². The summed E-state index contributed by atoms with van der Waals surface area (Å²) < 4.78 is 5.73. The van der Waals surface area contributed by atoms with Crippen molar-refractivity contribution in [1.82, 2.24) is 9.97 Å². The Balaban J connectivity index is 2.28. The van der Waals surface area contributed by atoms with E-state index < -0.39 is 0 Å². The molecular formula is C14H14Cl3N3O. The largest absolute Gasteiger partial charge is 0.437 e. The summed E-state index contributed by atoms with van der Waals surface area (Å²) in [5.41, 5.74) is 0.791. The van der Waals surface area contributed by atoms with Crippen LogP contribution in [0.25, 0.3) is 0 Å². The van der Waals surface area contributed by atoms with E-state index in [1.54, 1.807) is 12.3 Å². The van der Waals surface area contributed by atoms with E-state index in [-0.39, 0.29) is 0 Å². The number of aromatic nitrogens is 2. The summed E-state index contributed by atoms with van der Waals surface area (Å²) >= 11 is 18.0. The van der Waals surface area contributed by atoms with Gasteiger partial charge in [0.25, 0.3) is 0 Å². The molecule has 1 aromatic carbocycles. The molecule has 2 aromatic rings. The van der Waals surface area contributed by atoms with Crippen LogP contribution in [-0.2, 0) is 0 Å². The van der Waals surface area contributed by atoms with Crippen molar-refractivity contribution in [2.45, 2.75) is 20.3 Å². The van der Waals surface area contributed by atoms with E-state index in [9.17, 15) is 0 Å². The highest BCUT2D eigenvalue weighted by atomic mass is 35.5. The standard InChI is InChI=1S/C14H14Cl3N3O/c1-3-4-18-14-19-7-8(2)13(20-14)21-12-6-10(16)9(15)5-11(12)17/h5-7H,3-4H2,1-2H3,(H,18,19,20). The summed E-state index contributed by atoms with van der Waals surface area (Å²) in [5, 5.41) is 4.21. The average molecular weight is 347 g/mol. The van der Waals surface area contributed by atoms with Gasteiger partial charge in [-0.3, -0.25) is 0 Å². The molecule has 7 heteroatoms. The highest BCUT2D eigenvalue weighted by Crippen LogP contribution is 2.36. The fourth-order valence-corrected chi connectivity index (χ4v) is 2.11. The maximum absolute atomic E-state index is 6.10. The summed E-state index contributed by atoms with van der Waals surface area (Å²) in [6, 6.07) is 3.10. The molecule has 2 rings (SSSR count). The maximum atomic E-state index is 6.10. The third kappa shape index (κ3) is 4.13. The first-order chi connectivity index (χ1) is 10.0. The van der Waals surface area contributed by atoms with E-state index >= 15 is 0 Å². The molecule has 0 radical (unpaired) electrons. The zero-order chi connectivity index (χ0) is 15.4. The second-order valence-electron chi connectivity index (χ2n) is 4.41. The zero-order valence-corrected chi connectivity index (χ0v) is 13.9. The summed E-state index contributed by atoms with van der Waals surface area (Å²) in [4.78, 5) is 8.51. The van der Waals surface area contributed by atoms with Crippen LogP contribution >= 0.6 is 34.8 Å². The van der Waals surface area contributed by atoms with Gasteiger partial charge in [-0.1, -0.05) is 41.7 Å². The Morgan fingerprint density at radius 1 is 1.14 bits per heavy atom. The van der Waals surface area contributed by atoms with Crippen molar-refractivity contribution in [1.29, 1.82) is 0 Å². The van der Waals surface area contributed by atoms with Crippen LogP contribution in [0.4, 0.5) is 5.95 Å². The van der Waals surface area contributed by atoms with Gasteiger partial charge in [-0.15, -0.1) is 0 Å². The predicted octanol–water partition coefficient (Wildman–Crippen LogP) is 5.36. The first-order valence-electron chi connectivity index (χ1n) is 6.41. The lowest BCUT2D eigenvalue weighted by Crippen LogP contribution is -2.05. The van der Waals surface area contributed by atoms with Gasteiger partial charge in [0.05, 0.1) is 15.1 Å². The zero-order valence-electron chi connectivity index (χ0n) is 11.6. The normalized spacial score (nSPS) is 10.5. The van der Waals surface area contributed by atoms with Crippen molar-refractivity contribution in [3.8, 4) is 11.6 Å². The topological polar surface area (TPSA) is 47.0 Å². The van der Waals surface area contributed by atoms with Crippen LogP contribution in [0.5, 0.6) is 11.6 Å². The number of hydrogen-bond acceptors (Lipinski definition) is 4. The van der Waals surface area contributed by atoms with E-state index in [1.807, 2.05) is 6.92 Å². The third-order valence-corrected chi connectivity index (χ3v) is 3.66. The van der Waals surface area contributed by atoms with Crippen LogP contribution in [0.1, 0.15) is 18.9 Å². The van der Waals surface area contributed by atoms with Crippen LogP contribution in [0.2, 0.25) is 15.1 Å². The van der Waals surface area contributed by atoms with Gasteiger partial charge >= 0.3 is 0 Å². The monoisotopic (exact) mass is 345 g/mol. The summed E-state index contributed by atoms with van der Waals surface area (Å²) in [5.74, 6) is 1.33. The molecule has 21 heavy (non-hydrogen) atoms. The van der Waals surface area contributed by atoms with Crippen molar-refractivity contribution in [3.63, 3.8) is 0 Å². The summed E-state index contributed by atoms with van der Waals surface area (Å²) in [6.45, 7) is 4.70. The molecule has 0 spiro atoms. The lowest BCUT2D eigenvalue weighted by atomic mass is 10.3. The fraction of sp³-hybridized carbons (Fsp3) is 0.286. The second-order valence-corrected chi connectivity index (χ2v) is 5.63. The lowest BCUT2D eigenvalue weighted by molar-refractivity contribution is 0.458. The third-order valence-electron chi connectivity index (χ3n) is 2.64. The van der Waals surface area contributed by atoms with Crippen molar-refractivity contribution in [2.24, 2.45) is 0 Å². The van der Waals surface area contributed by atoms with Crippen LogP contribution in [-0.4, -0.2) is 16.5 Å². The minimum absolute atomic E-state index is 0.366. The Hall–Kier alpha value is -1.23. The number of rotatable bonds is 5. The summed E-state index contributed by atoms with van der Waals surface area (Å²) in [7, 11) is 0. The van der Waals surface area contributed by atoms with Gasteiger partial charge < -0.3 is 10.1 Å². The van der Waals surface area contributed by atoms with Gasteiger partial charge in [0.1, 0.15) is 5.75 Å². The highest BCUT2D eigenvalue weighted by molar-refractivity contribution is 6.43. The Morgan fingerprint density at radius 2 is 1.86 bits per heavy atom. The number of benzene rings is 1. The molecule has 0 fully saturated rings. The molecular weight excluding hydrogens is 333 g/mol. The van der Waals surface area contributed by atoms with Crippen molar-refractivity contribution < 1.29 is 4.74 Å². The number of halogens is 3. The molecule has 0 amide bonds. The maximum Gasteiger partial charge on any atom is 0.227 e. The molecule has 0 aliphatic carbocycles. The van der Waals surface area contributed by atoms with Gasteiger partial charge in [-0.2, -0.15) is 4.98 Å². The molecule has 1 aromatic heterocycles. The Morgan fingerprint density at radius 3 is 2.57 bits per heavy atom. The van der Waals surface area contributed by atoms with Crippen molar-refractivity contribution in [2.75, 3.05) is 11.9 Å². The minimum atomic E-state index is 0.366.